The van der Waals surface area contributed by atoms with Crippen molar-refractivity contribution in [2.75, 3.05) is 0 Å². The Morgan fingerprint density at radius 3 is 1.83 bits per heavy atom. The van der Waals surface area contributed by atoms with Crippen molar-refractivity contribution in [3.05, 3.63) is 96.4 Å². The summed E-state index contributed by atoms with van der Waals surface area (Å²) in [7, 11) is -1.62. The van der Waals surface area contributed by atoms with E-state index in [1.165, 1.54) is 10.6 Å². The van der Waals surface area contributed by atoms with Crippen molar-refractivity contribution in [2.24, 2.45) is 0 Å². The van der Waals surface area contributed by atoms with Crippen molar-refractivity contribution in [1.82, 2.24) is 0 Å². The highest BCUT2D eigenvalue weighted by molar-refractivity contribution is 7.93. The van der Waals surface area contributed by atoms with Gasteiger partial charge in [-0.1, -0.05) is 60.7 Å². The molecule has 0 saturated carbocycles. The fraction of sp³-hybridized carbons (Fsp3) is 0.182. The van der Waals surface area contributed by atoms with E-state index in [1.807, 2.05) is 0 Å². The van der Waals surface area contributed by atoms with Crippen molar-refractivity contribution in [3.8, 4) is 0 Å². The Balaban J connectivity index is 2.29. The van der Waals surface area contributed by atoms with Crippen LogP contribution < -0.4 is 10.6 Å². The molecule has 1 aliphatic rings. The molecule has 3 rings (SSSR count). The second kappa shape index (κ2) is 7.11. The topological polar surface area (TPSA) is 0 Å². The Hall–Kier alpha value is -1.91. The standard InChI is InChI=1S/C22H24P/c1-19(2)23(21-15-9-5-10-16-21,22-17-11-6-12-18-22)20-13-7-3-4-8-14-20/h3-13,15-19H,14H2,1-2H3/q+1. The van der Waals surface area contributed by atoms with Gasteiger partial charge in [-0.2, -0.15) is 0 Å². The smallest absolute Gasteiger partial charge is 0.0768 e. The summed E-state index contributed by atoms with van der Waals surface area (Å²) in [6.45, 7) is 4.76. The van der Waals surface area contributed by atoms with E-state index in [1.54, 1.807) is 5.31 Å². The highest BCUT2D eigenvalue weighted by Gasteiger charge is 2.49. The van der Waals surface area contributed by atoms with E-state index in [9.17, 15) is 0 Å². The number of allylic oxidation sites excluding steroid dienone is 6. The van der Waals surface area contributed by atoms with Crippen LogP contribution in [0.5, 0.6) is 0 Å². The van der Waals surface area contributed by atoms with Crippen LogP contribution in [0.15, 0.2) is 96.4 Å². The second-order valence-corrected chi connectivity index (χ2v) is 10.2. The fourth-order valence-electron chi connectivity index (χ4n) is 3.56. The first kappa shape index (κ1) is 16.0. The molecule has 0 unspecified atom stereocenters. The highest BCUT2D eigenvalue weighted by Crippen LogP contribution is 2.68. The first-order valence-corrected chi connectivity index (χ1v) is 10.1. The molecule has 0 nitrogen and oxygen atoms in total. The quantitative estimate of drug-likeness (QED) is 0.656. The molecule has 0 N–H and O–H groups in total. The first-order chi connectivity index (χ1) is 11.3. The van der Waals surface area contributed by atoms with Crippen LogP contribution in [-0.4, -0.2) is 5.66 Å². The third kappa shape index (κ3) is 2.96. The molecule has 2 aromatic rings. The molecule has 0 atom stereocenters. The lowest BCUT2D eigenvalue weighted by Gasteiger charge is -2.32. The molecule has 1 heteroatoms. The van der Waals surface area contributed by atoms with Gasteiger partial charge in [-0.05, 0) is 44.2 Å². The molecule has 0 amide bonds. The Morgan fingerprint density at radius 2 is 1.30 bits per heavy atom. The van der Waals surface area contributed by atoms with Crippen LogP contribution in [0.4, 0.5) is 0 Å². The lowest BCUT2D eigenvalue weighted by atomic mass is 10.3. The van der Waals surface area contributed by atoms with Crippen LogP contribution in [0.25, 0.3) is 0 Å². The highest BCUT2D eigenvalue weighted by atomic mass is 31.2. The van der Waals surface area contributed by atoms with Crippen molar-refractivity contribution in [1.29, 1.82) is 0 Å². The van der Waals surface area contributed by atoms with E-state index in [0.717, 1.165) is 6.42 Å². The number of hydrogen-bond donors (Lipinski definition) is 0. The monoisotopic (exact) mass is 319 g/mol. The molecule has 0 radical (unpaired) electrons. The van der Waals surface area contributed by atoms with E-state index < -0.39 is 7.26 Å². The Kier molecular flexibility index (Phi) is 4.94. The van der Waals surface area contributed by atoms with E-state index in [2.05, 4.69) is 105 Å². The zero-order valence-corrected chi connectivity index (χ0v) is 14.8. The van der Waals surface area contributed by atoms with Gasteiger partial charge in [0, 0.05) is 6.42 Å². The Morgan fingerprint density at radius 1 is 0.739 bits per heavy atom. The van der Waals surface area contributed by atoms with Gasteiger partial charge in [0.05, 0.1) is 11.0 Å². The van der Waals surface area contributed by atoms with Crippen molar-refractivity contribution < 1.29 is 0 Å². The Labute approximate surface area is 140 Å². The van der Waals surface area contributed by atoms with Gasteiger partial charge >= 0.3 is 0 Å². The molecule has 23 heavy (non-hydrogen) atoms. The molecule has 0 bridgehead atoms. The third-order valence-corrected chi connectivity index (χ3v) is 9.54. The average molecular weight is 319 g/mol. The third-order valence-electron chi connectivity index (χ3n) is 4.53. The van der Waals surface area contributed by atoms with Gasteiger partial charge in [-0.25, -0.2) is 0 Å². The van der Waals surface area contributed by atoms with Gasteiger partial charge in [0.25, 0.3) is 0 Å². The molecule has 0 aliphatic heterocycles. The minimum Gasteiger partial charge on any atom is -0.0768 e. The van der Waals surface area contributed by atoms with Crippen LogP contribution in [-0.2, 0) is 0 Å². The lowest BCUT2D eigenvalue weighted by Crippen LogP contribution is -2.30. The van der Waals surface area contributed by atoms with Crippen LogP contribution in [0.3, 0.4) is 0 Å². The normalized spacial score (nSPS) is 14.7. The summed E-state index contributed by atoms with van der Waals surface area (Å²) >= 11 is 0. The van der Waals surface area contributed by atoms with Gasteiger partial charge in [-0.15, -0.1) is 0 Å². The Bertz CT molecular complexity index is 682. The van der Waals surface area contributed by atoms with Crippen LogP contribution in [0.1, 0.15) is 20.3 Å². The summed E-state index contributed by atoms with van der Waals surface area (Å²) in [5.41, 5.74) is 0.568. The molecule has 2 aromatic carbocycles. The fourth-order valence-corrected chi connectivity index (χ4v) is 8.38. The summed E-state index contributed by atoms with van der Waals surface area (Å²) in [5.74, 6) is 0. The van der Waals surface area contributed by atoms with E-state index >= 15 is 0 Å². The molecular formula is C22H24P+. The number of hydrogen-bond acceptors (Lipinski definition) is 0. The zero-order valence-electron chi connectivity index (χ0n) is 13.9. The van der Waals surface area contributed by atoms with Crippen LogP contribution >= 0.6 is 7.26 Å². The van der Waals surface area contributed by atoms with Gasteiger partial charge in [0.2, 0.25) is 0 Å². The minimum absolute atomic E-state index is 0.568. The summed E-state index contributed by atoms with van der Waals surface area (Å²) in [6, 6.07) is 22.2. The first-order valence-electron chi connectivity index (χ1n) is 8.29. The predicted molar refractivity (Wildman–Crippen MR) is 105 cm³/mol. The van der Waals surface area contributed by atoms with E-state index in [-0.39, 0.29) is 0 Å². The molecule has 0 fully saturated rings. The minimum atomic E-state index is -1.62. The van der Waals surface area contributed by atoms with Gasteiger partial charge in [0.15, 0.2) is 0 Å². The lowest BCUT2D eigenvalue weighted by molar-refractivity contribution is 1.08. The van der Waals surface area contributed by atoms with Gasteiger partial charge in [0.1, 0.15) is 17.9 Å². The average Bonchev–Trinajstić information content (AvgIpc) is 2.87. The van der Waals surface area contributed by atoms with Crippen LogP contribution in [0, 0.1) is 0 Å². The molecule has 1 aliphatic carbocycles. The molecular weight excluding hydrogens is 295 g/mol. The van der Waals surface area contributed by atoms with Crippen molar-refractivity contribution >= 4 is 17.9 Å². The predicted octanol–water partition coefficient (Wildman–Crippen LogP) is 5.46. The van der Waals surface area contributed by atoms with E-state index in [0.29, 0.717) is 5.66 Å². The maximum atomic E-state index is 2.38. The molecule has 0 aromatic heterocycles. The second-order valence-electron chi connectivity index (χ2n) is 6.16. The van der Waals surface area contributed by atoms with Crippen molar-refractivity contribution in [3.63, 3.8) is 0 Å². The molecule has 0 heterocycles. The molecule has 0 saturated heterocycles. The maximum absolute atomic E-state index is 2.38. The maximum Gasteiger partial charge on any atom is 0.110 e. The van der Waals surface area contributed by atoms with Gasteiger partial charge in [-0.3, -0.25) is 0 Å². The summed E-state index contributed by atoms with van der Waals surface area (Å²) in [4.78, 5) is 0. The van der Waals surface area contributed by atoms with Crippen LogP contribution in [0.2, 0.25) is 0 Å². The summed E-state index contributed by atoms with van der Waals surface area (Å²) < 4.78 is 0. The SMILES string of the molecule is CC(C)[P+](C1=CC=CC=CC1)(c1ccccc1)c1ccccc1. The summed E-state index contributed by atoms with van der Waals surface area (Å²) in [6.07, 6.45) is 12.2. The number of rotatable bonds is 4. The zero-order chi connectivity index (χ0) is 16.1. The number of benzene rings is 2. The molecule has 116 valence electrons. The largest absolute Gasteiger partial charge is 0.110 e. The van der Waals surface area contributed by atoms with E-state index in [4.69, 9.17) is 0 Å². The summed E-state index contributed by atoms with van der Waals surface area (Å²) in [5, 5.41) is 4.53. The van der Waals surface area contributed by atoms with Crippen molar-refractivity contribution in [2.45, 2.75) is 25.9 Å². The van der Waals surface area contributed by atoms with Gasteiger partial charge < -0.3 is 0 Å². The molecule has 0 spiro atoms.